The average molecular weight is 272 g/mol. The van der Waals surface area contributed by atoms with Gasteiger partial charge in [-0.25, -0.2) is 0 Å². The molecule has 1 aliphatic heterocycles. The van der Waals surface area contributed by atoms with E-state index in [1.807, 2.05) is 6.92 Å². The number of aromatic nitrogens is 1. The van der Waals surface area contributed by atoms with Gasteiger partial charge < -0.3 is 20.4 Å². The van der Waals surface area contributed by atoms with Crippen LogP contribution in [0.2, 0.25) is 5.02 Å². The van der Waals surface area contributed by atoms with Crippen LogP contribution in [-0.4, -0.2) is 43.2 Å². The Balaban J connectivity index is 2.01. The Kier molecular flexibility index (Phi) is 4.27. The molecule has 0 aromatic carbocycles. The second-order valence-electron chi connectivity index (χ2n) is 4.50. The molecule has 1 aromatic heterocycles. The normalized spacial score (nSPS) is 23.9. The van der Waals surface area contributed by atoms with Crippen molar-refractivity contribution in [3.63, 3.8) is 0 Å². The first-order chi connectivity index (χ1) is 8.61. The Morgan fingerprint density at radius 1 is 1.61 bits per heavy atom. The zero-order valence-electron chi connectivity index (χ0n) is 10.5. The smallest absolute Gasteiger partial charge is 0.268 e. The van der Waals surface area contributed by atoms with Crippen LogP contribution in [0.4, 0.5) is 0 Å². The summed E-state index contributed by atoms with van der Waals surface area (Å²) in [5.74, 6) is -0.140. The number of ether oxygens (including phenoxy) is 1. The van der Waals surface area contributed by atoms with E-state index in [0.717, 1.165) is 25.2 Å². The summed E-state index contributed by atoms with van der Waals surface area (Å²) >= 11 is 5.93. The van der Waals surface area contributed by atoms with Crippen LogP contribution in [-0.2, 0) is 4.74 Å². The van der Waals surface area contributed by atoms with E-state index in [4.69, 9.17) is 16.3 Å². The van der Waals surface area contributed by atoms with Gasteiger partial charge >= 0.3 is 0 Å². The van der Waals surface area contributed by atoms with E-state index >= 15 is 0 Å². The number of hydrogen-bond acceptors (Lipinski definition) is 3. The highest BCUT2D eigenvalue weighted by Crippen LogP contribution is 2.16. The van der Waals surface area contributed by atoms with Crippen LogP contribution in [0.1, 0.15) is 22.6 Å². The number of piperidine rings is 1. The van der Waals surface area contributed by atoms with Gasteiger partial charge in [0.05, 0.1) is 17.2 Å². The Morgan fingerprint density at radius 2 is 2.39 bits per heavy atom. The van der Waals surface area contributed by atoms with Crippen molar-refractivity contribution in [2.75, 3.05) is 20.2 Å². The van der Waals surface area contributed by atoms with Gasteiger partial charge in [-0.15, -0.1) is 0 Å². The quantitative estimate of drug-likeness (QED) is 0.771. The molecule has 0 radical (unpaired) electrons. The van der Waals surface area contributed by atoms with Crippen LogP contribution in [0.15, 0.2) is 6.07 Å². The van der Waals surface area contributed by atoms with Gasteiger partial charge in [0, 0.05) is 19.3 Å². The van der Waals surface area contributed by atoms with Gasteiger partial charge in [-0.05, 0) is 26.0 Å². The molecule has 1 amide bonds. The fourth-order valence-corrected chi connectivity index (χ4v) is 2.30. The topological polar surface area (TPSA) is 66.2 Å². The van der Waals surface area contributed by atoms with Crippen LogP contribution in [0, 0.1) is 6.92 Å². The van der Waals surface area contributed by atoms with Crippen LogP contribution < -0.4 is 10.6 Å². The number of methoxy groups -OCH3 is 1. The Hall–Kier alpha value is -1.04. The summed E-state index contributed by atoms with van der Waals surface area (Å²) in [6, 6.07) is 1.68. The largest absolute Gasteiger partial charge is 0.378 e. The van der Waals surface area contributed by atoms with E-state index in [-0.39, 0.29) is 18.1 Å². The SMILES string of the molecule is CO[C@H]1CNCC[C@H]1NC(=O)c1cc(Cl)c(C)[nH]1. The fraction of sp³-hybridized carbons (Fsp3) is 0.583. The highest BCUT2D eigenvalue weighted by atomic mass is 35.5. The second kappa shape index (κ2) is 5.73. The lowest BCUT2D eigenvalue weighted by atomic mass is 10.0. The van der Waals surface area contributed by atoms with E-state index in [9.17, 15) is 4.79 Å². The Bertz CT molecular complexity index is 413. The van der Waals surface area contributed by atoms with E-state index in [0.29, 0.717) is 10.7 Å². The molecule has 0 unspecified atom stereocenters. The van der Waals surface area contributed by atoms with Gasteiger partial charge in [-0.1, -0.05) is 11.6 Å². The summed E-state index contributed by atoms with van der Waals surface area (Å²) in [4.78, 5) is 15.0. The number of aromatic amines is 1. The number of hydrogen-bond donors (Lipinski definition) is 3. The molecule has 0 saturated carbocycles. The lowest BCUT2D eigenvalue weighted by Crippen LogP contribution is -2.53. The Labute approximate surface area is 111 Å². The summed E-state index contributed by atoms with van der Waals surface area (Å²) in [6.45, 7) is 3.48. The summed E-state index contributed by atoms with van der Waals surface area (Å²) in [5, 5.41) is 6.80. The predicted octanol–water partition coefficient (Wildman–Crippen LogP) is 1.08. The van der Waals surface area contributed by atoms with Crippen LogP contribution in [0.3, 0.4) is 0 Å². The minimum absolute atomic E-state index is 0.00855. The molecule has 6 heteroatoms. The molecule has 1 aliphatic rings. The van der Waals surface area contributed by atoms with Crippen molar-refractivity contribution in [2.24, 2.45) is 0 Å². The van der Waals surface area contributed by atoms with E-state index in [1.165, 1.54) is 0 Å². The molecule has 2 rings (SSSR count). The standard InChI is InChI=1S/C12H18ClN3O2/c1-7-8(13)5-10(15-7)12(17)16-9-3-4-14-6-11(9)18-2/h5,9,11,14-15H,3-4,6H2,1-2H3,(H,16,17)/t9-,11+/m1/s1. The number of halogens is 1. The Morgan fingerprint density at radius 3 is 3.00 bits per heavy atom. The molecule has 2 heterocycles. The molecule has 18 heavy (non-hydrogen) atoms. The summed E-state index contributed by atoms with van der Waals surface area (Å²) in [5.41, 5.74) is 1.29. The number of carbonyl (C=O) groups excluding carboxylic acids is 1. The van der Waals surface area contributed by atoms with Gasteiger partial charge in [-0.3, -0.25) is 4.79 Å². The predicted molar refractivity (Wildman–Crippen MR) is 70.1 cm³/mol. The first-order valence-electron chi connectivity index (χ1n) is 6.01. The molecular formula is C12H18ClN3O2. The van der Waals surface area contributed by atoms with Crippen molar-refractivity contribution < 1.29 is 9.53 Å². The average Bonchev–Trinajstić information content (AvgIpc) is 2.70. The van der Waals surface area contributed by atoms with Gasteiger partial charge in [-0.2, -0.15) is 0 Å². The second-order valence-corrected chi connectivity index (χ2v) is 4.91. The monoisotopic (exact) mass is 271 g/mol. The van der Waals surface area contributed by atoms with Crippen LogP contribution >= 0.6 is 11.6 Å². The summed E-state index contributed by atoms with van der Waals surface area (Å²) in [6.07, 6.45) is 0.867. The zero-order chi connectivity index (χ0) is 13.1. The summed E-state index contributed by atoms with van der Waals surface area (Å²) < 4.78 is 5.36. The third-order valence-corrected chi connectivity index (χ3v) is 3.63. The minimum Gasteiger partial charge on any atom is -0.378 e. The molecule has 2 atom stereocenters. The van der Waals surface area contributed by atoms with Crippen molar-refractivity contribution in [2.45, 2.75) is 25.5 Å². The molecule has 1 saturated heterocycles. The van der Waals surface area contributed by atoms with Crippen molar-refractivity contribution >= 4 is 17.5 Å². The number of aryl methyl sites for hydroxylation is 1. The molecule has 0 spiro atoms. The third-order valence-electron chi connectivity index (χ3n) is 3.24. The van der Waals surface area contributed by atoms with Gasteiger partial charge in [0.2, 0.25) is 0 Å². The number of H-pyrrole nitrogens is 1. The number of nitrogens with one attached hydrogen (secondary N) is 3. The lowest BCUT2D eigenvalue weighted by molar-refractivity contribution is 0.0475. The molecule has 1 aromatic rings. The number of amides is 1. The lowest BCUT2D eigenvalue weighted by Gasteiger charge is -2.31. The maximum atomic E-state index is 12.1. The third kappa shape index (κ3) is 2.85. The van der Waals surface area contributed by atoms with Gasteiger partial charge in [0.25, 0.3) is 5.91 Å². The summed E-state index contributed by atoms with van der Waals surface area (Å²) in [7, 11) is 1.66. The van der Waals surface area contributed by atoms with E-state index in [2.05, 4.69) is 15.6 Å². The molecule has 1 fully saturated rings. The van der Waals surface area contributed by atoms with Crippen molar-refractivity contribution in [3.8, 4) is 0 Å². The fourth-order valence-electron chi connectivity index (χ4n) is 2.14. The first-order valence-corrected chi connectivity index (χ1v) is 6.39. The maximum absolute atomic E-state index is 12.1. The van der Waals surface area contributed by atoms with E-state index in [1.54, 1.807) is 13.2 Å². The van der Waals surface area contributed by atoms with Gasteiger partial charge in [0.1, 0.15) is 5.69 Å². The molecule has 0 aliphatic carbocycles. The molecular weight excluding hydrogens is 254 g/mol. The zero-order valence-corrected chi connectivity index (χ0v) is 11.3. The van der Waals surface area contributed by atoms with E-state index < -0.39 is 0 Å². The highest BCUT2D eigenvalue weighted by Gasteiger charge is 2.26. The molecule has 0 bridgehead atoms. The highest BCUT2D eigenvalue weighted by molar-refractivity contribution is 6.31. The first kappa shape index (κ1) is 13.4. The molecule has 5 nitrogen and oxygen atoms in total. The molecule has 3 N–H and O–H groups in total. The van der Waals surface area contributed by atoms with Crippen molar-refractivity contribution in [3.05, 3.63) is 22.5 Å². The van der Waals surface area contributed by atoms with Gasteiger partial charge in [0.15, 0.2) is 0 Å². The maximum Gasteiger partial charge on any atom is 0.268 e. The van der Waals surface area contributed by atoms with Crippen molar-refractivity contribution in [1.29, 1.82) is 0 Å². The molecule has 100 valence electrons. The number of rotatable bonds is 3. The van der Waals surface area contributed by atoms with Crippen molar-refractivity contribution in [1.82, 2.24) is 15.6 Å². The van der Waals surface area contributed by atoms with Crippen LogP contribution in [0.25, 0.3) is 0 Å². The minimum atomic E-state index is -0.140. The number of carbonyl (C=O) groups is 1. The van der Waals surface area contributed by atoms with Crippen LogP contribution in [0.5, 0.6) is 0 Å².